The highest BCUT2D eigenvalue weighted by atomic mass is 35.5. The van der Waals surface area contributed by atoms with Crippen LogP contribution < -0.4 is 9.47 Å². The van der Waals surface area contributed by atoms with Gasteiger partial charge in [0.05, 0.1) is 36.2 Å². The number of fused-ring (bicyclic) bond motifs is 1. The van der Waals surface area contributed by atoms with Crippen LogP contribution in [0.2, 0.25) is 10.0 Å². The Morgan fingerprint density at radius 1 is 0.974 bits per heavy atom. The molecule has 0 spiro atoms. The van der Waals surface area contributed by atoms with Gasteiger partial charge >= 0.3 is 5.97 Å². The van der Waals surface area contributed by atoms with Gasteiger partial charge in [-0.2, -0.15) is 10.2 Å². The molecule has 0 N–H and O–H groups in total. The largest absolute Gasteiger partial charge is 0.492 e. The van der Waals surface area contributed by atoms with E-state index in [1.807, 2.05) is 36.4 Å². The Balaban J connectivity index is 1.38. The van der Waals surface area contributed by atoms with Crippen LogP contribution in [0, 0.1) is 5.92 Å². The molecule has 38 heavy (non-hydrogen) atoms. The first-order valence-corrected chi connectivity index (χ1v) is 14.2. The molecule has 1 aliphatic carbocycles. The minimum atomic E-state index is -0.210. The van der Waals surface area contributed by atoms with E-state index in [2.05, 4.69) is 6.92 Å². The maximum absolute atomic E-state index is 11.6. The van der Waals surface area contributed by atoms with Crippen LogP contribution in [0.4, 0.5) is 0 Å². The van der Waals surface area contributed by atoms with Crippen LogP contribution in [-0.2, 0) is 28.8 Å². The van der Waals surface area contributed by atoms with E-state index >= 15 is 0 Å². The fraction of sp³-hybridized carbons (Fsp3) is 0.483. The summed E-state index contributed by atoms with van der Waals surface area (Å²) >= 11 is 12.8. The van der Waals surface area contributed by atoms with Crippen molar-refractivity contribution >= 4 is 29.2 Å². The van der Waals surface area contributed by atoms with Crippen molar-refractivity contribution in [2.75, 3.05) is 19.8 Å². The Morgan fingerprint density at radius 3 is 2.32 bits per heavy atom. The zero-order valence-corrected chi connectivity index (χ0v) is 23.6. The van der Waals surface area contributed by atoms with Gasteiger partial charge in [0.15, 0.2) is 0 Å². The van der Waals surface area contributed by atoms with Crippen molar-refractivity contribution in [1.29, 1.82) is 0 Å². The van der Waals surface area contributed by atoms with E-state index in [0.29, 0.717) is 54.2 Å². The number of hydrogen-bond acceptors (Lipinski definition) is 6. The molecule has 0 saturated heterocycles. The molecule has 4 rings (SSSR count). The molecule has 9 heteroatoms. The second-order valence-electron chi connectivity index (χ2n) is 9.55. The first-order valence-electron chi connectivity index (χ1n) is 13.4. The Hall–Kier alpha value is -2.77. The molecular weight excluding hydrogens is 525 g/mol. The summed E-state index contributed by atoms with van der Waals surface area (Å²) in [6, 6.07) is 11.2. The summed E-state index contributed by atoms with van der Waals surface area (Å²) in [5, 5.41) is 10.6. The number of nitrogens with zero attached hydrogens (tertiary/aromatic N) is 3. The van der Waals surface area contributed by atoms with Crippen molar-refractivity contribution in [2.24, 2.45) is 5.92 Å². The van der Waals surface area contributed by atoms with Crippen molar-refractivity contribution in [2.45, 2.75) is 65.2 Å². The predicted octanol–water partition coefficient (Wildman–Crippen LogP) is 6.82. The molecule has 1 heterocycles. The lowest BCUT2D eigenvalue weighted by atomic mass is 10.0. The van der Waals surface area contributed by atoms with Crippen molar-refractivity contribution in [3.8, 4) is 17.2 Å². The smallest absolute Gasteiger partial charge is 0.306 e. The molecule has 1 aliphatic rings. The van der Waals surface area contributed by atoms with Gasteiger partial charge in [0.2, 0.25) is 0 Å². The fourth-order valence-corrected chi connectivity index (χ4v) is 4.98. The zero-order chi connectivity index (χ0) is 26.9. The molecule has 0 bridgehead atoms. The SMILES string of the molecule is CCCC(COc1ccc(CCC(=O)OCC)cc1Cl)COc1ccc(Cl)cc1-n1nc2c(n1)CCCC2. The lowest BCUT2D eigenvalue weighted by Gasteiger charge is -2.19. The third kappa shape index (κ3) is 7.64. The van der Waals surface area contributed by atoms with Crippen LogP contribution in [0.3, 0.4) is 0 Å². The van der Waals surface area contributed by atoms with E-state index in [9.17, 15) is 4.79 Å². The van der Waals surface area contributed by atoms with E-state index in [-0.39, 0.29) is 11.9 Å². The summed E-state index contributed by atoms with van der Waals surface area (Å²) in [7, 11) is 0. The number of rotatable bonds is 13. The number of benzene rings is 2. The van der Waals surface area contributed by atoms with Gasteiger partial charge in [0, 0.05) is 17.4 Å². The van der Waals surface area contributed by atoms with Gasteiger partial charge in [-0.25, -0.2) is 0 Å². The number of halogens is 2. The van der Waals surface area contributed by atoms with Crippen LogP contribution in [-0.4, -0.2) is 40.8 Å². The Kier molecular flexibility index (Phi) is 10.3. The highest BCUT2D eigenvalue weighted by molar-refractivity contribution is 6.32. The van der Waals surface area contributed by atoms with E-state index < -0.39 is 0 Å². The number of esters is 1. The molecule has 7 nitrogen and oxygen atoms in total. The molecule has 0 fully saturated rings. The third-order valence-corrected chi connectivity index (χ3v) is 7.07. The maximum Gasteiger partial charge on any atom is 0.306 e. The van der Waals surface area contributed by atoms with Crippen molar-refractivity contribution in [3.05, 3.63) is 63.4 Å². The van der Waals surface area contributed by atoms with Gasteiger partial charge in [0.25, 0.3) is 0 Å². The first kappa shape index (κ1) is 28.2. The minimum Gasteiger partial charge on any atom is -0.492 e. The summed E-state index contributed by atoms with van der Waals surface area (Å²) in [6.07, 6.45) is 7.03. The van der Waals surface area contributed by atoms with Gasteiger partial charge in [-0.05, 0) is 81.3 Å². The van der Waals surface area contributed by atoms with Crippen LogP contribution >= 0.6 is 23.2 Å². The summed E-state index contributed by atoms with van der Waals surface area (Å²) in [4.78, 5) is 13.3. The van der Waals surface area contributed by atoms with Crippen LogP contribution in [0.25, 0.3) is 5.69 Å². The summed E-state index contributed by atoms with van der Waals surface area (Å²) in [6.45, 7) is 5.26. The molecule has 0 radical (unpaired) electrons. The first-order chi connectivity index (χ1) is 18.5. The molecule has 1 unspecified atom stereocenters. The highest BCUT2D eigenvalue weighted by Gasteiger charge is 2.19. The Labute approximate surface area is 234 Å². The molecule has 0 amide bonds. The van der Waals surface area contributed by atoms with E-state index in [1.54, 1.807) is 11.7 Å². The second kappa shape index (κ2) is 13.9. The molecule has 1 aromatic heterocycles. The van der Waals surface area contributed by atoms with E-state index in [4.69, 9.17) is 47.6 Å². The summed E-state index contributed by atoms with van der Waals surface area (Å²) < 4.78 is 17.4. The summed E-state index contributed by atoms with van der Waals surface area (Å²) in [5.74, 6) is 1.25. The highest BCUT2D eigenvalue weighted by Crippen LogP contribution is 2.30. The standard InChI is InChI=1S/C29H35Cl2N3O4/c1-3-7-21(18-37-27-13-10-20(16-23(27)31)11-15-29(35)36-4-2)19-38-28-14-12-22(30)17-26(28)34-32-24-8-5-6-9-25(24)33-34/h10,12-14,16-17,21H,3-9,11,15,18-19H2,1-2H3. The number of aryl methyl sites for hydroxylation is 3. The second-order valence-corrected chi connectivity index (χ2v) is 10.4. The lowest BCUT2D eigenvalue weighted by Crippen LogP contribution is -2.20. The van der Waals surface area contributed by atoms with Crippen molar-refractivity contribution in [3.63, 3.8) is 0 Å². The molecule has 3 aromatic rings. The average molecular weight is 561 g/mol. The van der Waals surface area contributed by atoms with Crippen LogP contribution in [0.5, 0.6) is 11.5 Å². The predicted molar refractivity (Wildman–Crippen MR) is 149 cm³/mol. The lowest BCUT2D eigenvalue weighted by molar-refractivity contribution is -0.143. The van der Waals surface area contributed by atoms with Crippen molar-refractivity contribution < 1.29 is 19.0 Å². The van der Waals surface area contributed by atoms with Gasteiger partial charge < -0.3 is 14.2 Å². The number of carbonyl (C=O) groups is 1. The third-order valence-electron chi connectivity index (χ3n) is 6.54. The Bertz CT molecular complexity index is 1210. The number of hydrogen-bond donors (Lipinski definition) is 0. The molecule has 1 atom stereocenters. The topological polar surface area (TPSA) is 75.5 Å². The van der Waals surface area contributed by atoms with Gasteiger partial charge in [-0.15, -0.1) is 4.80 Å². The maximum atomic E-state index is 11.6. The number of aromatic nitrogens is 3. The van der Waals surface area contributed by atoms with E-state index in [0.717, 1.165) is 61.2 Å². The quantitative estimate of drug-likeness (QED) is 0.214. The van der Waals surface area contributed by atoms with Gasteiger partial charge in [0.1, 0.15) is 17.2 Å². The summed E-state index contributed by atoms with van der Waals surface area (Å²) in [5.41, 5.74) is 3.82. The molecule has 0 saturated carbocycles. The number of ether oxygens (including phenoxy) is 3. The zero-order valence-electron chi connectivity index (χ0n) is 22.1. The van der Waals surface area contributed by atoms with Crippen molar-refractivity contribution in [1.82, 2.24) is 15.0 Å². The van der Waals surface area contributed by atoms with Gasteiger partial charge in [-0.1, -0.05) is 42.6 Å². The molecule has 204 valence electrons. The van der Waals surface area contributed by atoms with Crippen LogP contribution in [0.1, 0.15) is 62.9 Å². The fourth-order valence-electron chi connectivity index (χ4n) is 4.55. The minimum absolute atomic E-state index is 0.155. The normalized spacial score (nSPS) is 13.6. The molecule has 2 aromatic carbocycles. The average Bonchev–Trinajstić information content (AvgIpc) is 3.35. The molecule has 0 aliphatic heterocycles. The molecular formula is C29H35Cl2N3O4. The van der Waals surface area contributed by atoms with E-state index in [1.165, 1.54) is 0 Å². The monoisotopic (exact) mass is 559 g/mol. The Morgan fingerprint density at radius 2 is 1.66 bits per heavy atom. The van der Waals surface area contributed by atoms with Gasteiger partial charge in [-0.3, -0.25) is 4.79 Å². The van der Waals surface area contributed by atoms with Crippen LogP contribution in [0.15, 0.2) is 36.4 Å². The number of carbonyl (C=O) groups excluding carboxylic acids is 1.